The van der Waals surface area contributed by atoms with Gasteiger partial charge >= 0.3 is 21.6 Å². The van der Waals surface area contributed by atoms with Crippen LogP contribution in [0.25, 0.3) is 6.08 Å². The molecule has 0 radical (unpaired) electrons. The fourth-order valence-electron chi connectivity index (χ4n) is 1.20. The topological polar surface area (TPSA) is 69.7 Å². The number of ether oxygens (including phenoxy) is 1. The third-order valence-corrected chi connectivity index (χ3v) is 3.02. The van der Waals surface area contributed by atoms with Gasteiger partial charge in [-0.2, -0.15) is 21.6 Å². The minimum absolute atomic E-state index is 0.177. The van der Waals surface area contributed by atoms with Crippen molar-refractivity contribution in [3.63, 3.8) is 0 Å². The maximum atomic E-state index is 12.2. The van der Waals surface area contributed by atoms with Crippen LogP contribution in [0.15, 0.2) is 30.3 Å². The molecule has 0 aromatic heterocycles. The van der Waals surface area contributed by atoms with E-state index in [0.29, 0.717) is 0 Å². The van der Waals surface area contributed by atoms with Gasteiger partial charge in [-0.25, -0.2) is 4.79 Å². The summed E-state index contributed by atoms with van der Waals surface area (Å²) in [7, 11) is -5.72. The van der Waals surface area contributed by atoms with Crippen LogP contribution in [-0.2, 0) is 19.6 Å². The zero-order valence-corrected chi connectivity index (χ0v) is 11.6. The van der Waals surface area contributed by atoms with Crippen molar-refractivity contribution in [1.29, 1.82) is 0 Å². The van der Waals surface area contributed by atoms with Crippen molar-refractivity contribution >= 4 is 22.2 Å². The zero-order valence-electron chi connectivity index (χ0n) is 10.8. The number of halogens is 3. The molecule has 0 saturated heterocycles. The molecule has 21 heavy (non-hydrogen) atoms. The van der Waals surface area contributed by atoms with Gasteiger partial charge in [0.05, 0.1) is 6.61 Å². The summed E-state index contributed by atoms with van der Waals surface area (Å²) in [5.41, 5.74) is -5.23. The van der Waals surface area contributed by atoms with Gasteiger partial charge in [0, 0.05) is 6.08 Å². The molecule has 9 heteroatoms. The average molecular weight is 324 g/mol. The first-order valence-corrected chi connectivity index (χ1v) is 7.02. The van der Waals surface area contributed by atoms with Gasteiger partial charge in [0.25, 0.3) is 0 Å². The van der Waals surface area contributed by atoms with E-state index < -0.39 is 27.3 Å². The lowest BCUT2D eigenvalue weighted by Gasteiger charge is -2.09. The number of hydrogen-bond acceptors (Lipinski definition) is 5. The molecule has 0 atom stereocenters. The van der Waals surface area contributed by atoms with E-state index in [2.05, 4.69) is 8.92 Å². The highest BCUT2D eigenvalue weighted by Crippen LogP contribution is 2.27. The molecule has 0 saturated carbocycles. The summed E-state index contributed by atoms with van der Waals surface area (Å²) in [6.45, 7) is 1.79. The predicted octanol–water partition coefficient (Wildman–Crippen LogP) is 2.49. The molecule has 0 N–H and O–H groups in total. The van der Waals surface area contributed by atoms with Crippen molar-refractivity contribution in [2.45, 2.75) is 12.4 Å². The summed E-state index contributed by atoms with van der Waals surface area (Å²) in [6.07, 6.45) is 2.31. The number of esters is 1. The summed E-state index contributed by atoms with van der Waals surface area (Å²) < 4.78 is 66.8. The van der Waals surface area contributed by atoms with E-state index in [1.807, 2.05) is 0 Å². The van der Waals surface area contributed by atoms with Crippen LogP contribution < -0.4 is 4.18 Å². The Bertz CT molecular complexity index is 635. The summed E-state index contributed by atoms with van der Waals surface area (Å²) >= 11 is 0. The number of alkyl halides is 3. The molecule has 0 amide bonds. The second-order valence-corrected chi connectivity index (χ2v) is 5.18. The molecule has 0 bridgehead atoms. The van der Waals surface area contributed by atoms with Crippen molar-refractivity contribution in [1.82, 2.24) is 0 Å². The van der Waals surface area contributed by atoms with Gasteiger partial charge in [-0.3, -0.25) is 0 Å². The molecular formula is C12H11F3O5S. The number of carbonyl (C=O) groups excluding carboxylic acids is 1. The Labute approximate surface area is 119 Å². The van der Waals surface area contributed by atoms with Gasteiger partial charge in [-0.05, 0) is 30.7 Å². The van der Waals surface area contributed by atoms with Crippen molar-refractivity contribution in [2.75, 3.05) is 6.61 Å². The highest BCUT2D eigenvalue weighted by Gasteiger charge is 2.48. The third-order valence-electron chi connectivity index (χ3n) is 2.05. The first-order chi connectivity index (χ1) is 9.65. The number of rotatable bonds is 5. The normalized spacial score (nSPS) is 12.4. The molecule has 0 aliphatic heterocycles. The van der Waals surface area contributed by atoms with Crippen molar-refractivity contribution < 1.29 is 35.3 Å². The van der Waals surface area contributed by atoms with E-state index in [0.717, 1.165) is 18.2 Å². The Kier molecular flexibility index (Phi) is 5.36. The van der Waals surface area contributed by atoms with Gasteiger partial charge in [0.1, 0.15) is 5.75 Å². The second-order valence-electron chi connectivity index (χ2n) is 3.64. The van der Waals surface area contributed by atoms with Crippen molar-refractivity contribution in [2.24, 2.45) is 0 Å². The number of hydrogen-bond donors (Lipinski definition) is 0. The van der Waals surface area contributed by atoms with Gasteiger partial charge in [-0.1, -0.05) is 12.1 Å². The Morgan fingerprint density at radius 3 is 2.57 bits per heavy atom. The molecule has 0 spiro atoms. The molecule has 1 aromatic rings. The standard InChI is InChI=1S/C12H11F3O5S/c1-2-19-11(16)7-6-9-4-3-5-10(8-9)20-21(17,18)12(13,14)15/h3-8H,2H2,1H3/b7-6+. The maximum Gasteiger partial charge on any atom is 0.534 e. The van der Waals surface area contributed by atoms with E-state index in [1.54, 1.807) is 6.92 Å². The highest BCUT2D eigenvalue weighted by atomic mass is 32.2. The lowest BCUT2D eigenvalue weighted by molar-refractivity contribution is -0.137. The average Bonchev–Trinajstić information content (AvgIpc) is 2.35. The molecule has 0 aliphatic carbocycles. The van der Waals surface area contributed by atoms with E-state index in [9.17, 15) is 26.4 Å². The van der Waals surface area contributed by atoms with Crippen LogP contribution in [0.3, 0.4) is 0 Å². The minimum atomic E-state index is -5.72. The number of carbonyl (C=O) groups is 1. The molecule has 0 aliphatic rings. The van der Waals surface area contributed by atoms with Crippen LogP contribution in [0.5, 0.6) is 5.75 Å². The quantitative estimate of drug-likeness (QED) is 0.360. The van der Waals surface area contributed by atoms with Crippen LogP contribution in [-0.4, -0.2) is 26.5 Å². The Morgan fingerprint density at radius 1 is 1.33 bits per heavy atom. The fourth-order valence-corrected chi connectivity index (χ4v) is 1.65. The number of benzene rings is 1. The van der Waals surface area contributed by atoms with Crippen LogP contribution in [0.1, 0.15) is 12.5 Å². The van der Waals surface area contributed by atoms with E-state index >= 15 is 0 Å². The van der Waals surface area contributed by atoms with E-state index in [4.69, 9.17) is 0 Å². The second kappa shape index (κ2) is 6.61. The third kappa shape index (κ3) is 5.10. The van der Waals surface area contributed by atoms with Gasteiger partial charge < -0.3 is 8.92 Å². The van der Waals surface area contributed by atoms with Crippen molar-refractivity contribution in [3.05, 3.63) is 35.9 Å². The SMILES string of the molecule is CCOC(=O)/C=C/c1cccc(OS(=O)(=O)C(F)(F)F)c1. The van der Waals surface area contributed by atoms with Gasteiger partial charge in [0.2, 0.25) is 0 Å². The van der Waals surface area contributed by atoms with Crippen LogP contribution in [0.4, 0.5) is 13.2 Å². The van der Waals surface area contributed by atoms with Gasteiger partial charge in [-0.15, -0.1) is 0 Å². The Balaban J connectivity index is 2.90. The molecular weight excluding hydrogens is 313 g/mol. The lowest BCUT2D eigenvalue weighted by atomic mass is 10.2. The molecule has 5 nitrogen and oxygen atoms in total. The Hall–Kier alpha value is -2.03. The van der Waals surface area contributed by atoms with Crippen LogP contribution in [0.2, 0.25) is 0 Å². The summed E-state index contributed by atoms with van der Waals surface area (Å²) in [4.78, 5) is 11.1. The van der Waals surface area contributed by atoms with Crippen molar-refractivity contribution in [3.8, 4) is 5.75 Å². The maximum absolute atomic E-state index is 12.2. The largest absolute Gasteiger partial charge is 0.534 e. The lowest BCUT2D eigenvalue weighted by Crippen LogP contribution is -2.28. The monoisotopic (exact) mass is 324 g/mol. The summed E-state index contributed by atoms with van der Waals surface area (Å²) in [6, 6.07) is 4.82. The van der Waals surface area contributed by atoms with Crippen LogP contribution >= 0.6 is 0 Å². The molecule has 116 valence electrons. The molecule has 0 heterocycles. The zero-order chi connectivity index (χ0) is 16.1. The molecule has 1 rings (SSSR count). The fraction of sp³-hybridized carbons (Fsp3) is 0.250. The molecule has 0 fully saturated rings. The smallest absolute Gasteiger partial charge is 0.463 e. The Morgan fingerprint density at radius 2 is 2.00 bits per heavy atom. The first-order valence-electron chi connectivity index (χ1n) is 5.61. The van der Waals surface area contributed by atoms with E-state index in [-0.39, 0.29) is 12.2 Å². The molecule has 0 unspecified atom stereocenters. The molecule has 1 aromatic carbocycles. The van der Waals surface area contributed by atoms with Gasteiger partial charge in [0.15, 0.2) is 0 Å². The highest BCUT2D eigenvalue weighted by molar-refractivity contribution is 7.88. The minimum Gasteiger partial charge on any atom is -0.463 e. The summed E-state index contributed by atoms with van der Waals surface area (Å²) in [5.74, 6) is -1.15. The van der Waals surface area contributed by atoms with Crippen LogP contribution in [0, 0.1) is 0 Å². The first kappa shape index (κ1) is 17.0. The summed E-state index contributed by atoms with van der Waals surface area (Å²) in [5, 5.41) is 0. The predicted molar refractivity (Wildman–Crippen MR) is 67.7 cm³/mol. The van der Waals surface area contributed by atoms with E-state index in [1.165, 1.54) is 18.2 Å².